The van der Waals surface area contributed by atoms with E-state index in [0.717, 1.165) is 40.0 Å². The first-order valence-electron chi connectivity index (χ1n) is 7.19. The van der Waals surface area contributed by atoms with Gasteiger partial charge in [-0.05, 0) is 49.1 Å². The van der Waals surface area contributed by atoms with E-state index in [1.807, 2.05) is 38.1 Å². The molecular weight excluding hydrogens is 284 g/mol. The number of hydrogen-bond acceptors (Lipinski definition) is 3. The minimum absolute atomic E-state index is 0.357. The maximum atomic E-state index is 6.29. The average molecular weight is 305 g/mol. The summed E-state index contributed by atoms with van der Waals surface area (Å²) in [5, 5.41) is 3.96. The van der Waals surface area contributed by atoms with E-state index in [0.29, 0.717) is 5.92 Å². The van der Waals surface area contributed by atoms with Crippen LogP contribution in [0.5, 0.6) is 11.5 Å². The molecule has 2 aromatic rings. The summed E-state index contributed by atoms with van der Waals surface area (Å²) in [5.74, 6) is 2.76. The lowest BCUT2D eigenvalue weighted by Crippen LogP contribution is -1.99. The van der Waals surface area contributed by atoms with Crippen molar-refractivity contribution in [3.63, 3.8) is 0 Å². The van der Waals surface area contributed by atoms with Crippen LogP contribution in [0.1, 0.15) is 37.8 Å². The van der Waals surface area contributed by atoms with E-state index in [4.69, 9.17) is 16.3 Å². The fourth-order valence-electron chi connectivity index (χ4n) is 2.10. The van der Waals surface area contributed by atoms with Gasteiger partial charge in [0.2, 0.25) is 0 Å². The zero-order chi connectivity index (χ0) is 15.4. The van der Waals surface area contributed by atoms with Crippen LogP contribution in [0.2, 0.25) is 5.02 Å². The van der Waals surface area contributed by atoms with Gasteiger partial charge in [-0.15, -0.1) is 0 Å². The molecule has 112 valence electrons. The number of ether oxygens (including phenoxy) is 1. The van der Waals surface area contributed by atoms with Crippen molar-refractivity contribution in [2.24, 2.45) is 0 Å². The lowest BCUT2D eigenvalue weighted by atomic mass is 10.0. The molecule has 3 nitrogen and oxygen atoms in total. The van der Waals surface area contributed by atoms with Gasteiger partial charge in [0, 0.05) is 23.8 Å². The number of nitrogens with one attached hydrogen (secondary N) is 1. The fraction of sp³-hybridized carbons (Fsp3) is 0.353. The summed E-state index contributed by atoms with van der Waals surface area (Å²) >= 11 is 6.29. The van der Waals surface area contributed by atoms with E-state index in [2.05, 4.69) is 24.1 Å². The van der Waals surface area contributed by atoms with Crippen LogP contribution in [-0.4, -0.2) is 11.5 Å². The van der Waals surface area contributed by atoms with Crippen molar-refractivity contribution in [3.8, 4) is 11.5 Å². The lowest BCUT2D eigenvalue weighted by Gasteiger charge is -2.15. The van der Waals surface area contributed by atoms with E-state index in [-0.39, 0.29) is 0 Å². The quantitative estimate of drug-likeness (QED) is 0.804. The maximum absolute atomic E-state index is 6.29. The van der Waals surface area contributed by atoms with Crippen molar-refractivity contribution in [1.29, 1.82) is 0 Å². The van der Waals surface area contributed by atoms with Crippen LogP contribution in [0.3, 0.4) is 0 Å². The number of aryl methyl sites for hydroxylation is 1. The predicted molar refractivity (Wildman–Crippen MR) is 88.8 cm³/mol. The minimum Gasteiger partial charge on any atom is -0.457 e. The first-order valence-corrected chi connectivity index (χ1v) is 7.57. The number of halogens is 1. The van der Waals surface area contributed by atoms with Gasteiger partial charge in [0.15, 0.2) is 0 Å². The summed E-state index contributed by atoms with van der Waals surface area (Å²) in [7, 11) is 0. The molecule has 0 amide bonds. The Balaban J connectivity index is 2.30. The molecule has 0 saturated carbocycles. The van der Waals surface area contributed by atoms with E-state index in [1.54, 1.807) is 6.20 Å². The van der Waals surface area contributed by atoms with Gasteiger partial charge in [-0.25, -0.2) is 4.98 Å². The van der Waals surface area contributed by atoms with E-state index in [1.165, 1.54) is 0 Å². The molecular formula is C17H21ClN2O. The van der Waals surface area contributed by atoms with Gasteiger partial charge < -0.3 is 10.1 Å². The highest BCUT2D eigenvalue weighted by Gasteiger charge is 2.11. The molecule has 0 atom stereocenters. The molecule has 0 bridgehead atoms. The summed E-state index contributed by atoms with van der Waals surface area (Å²) in [4.78, 5) is 4.24. The van der Waals surface area contributed by atoms with Crippen LogP contribution < -0.4 is 10.1 Å². The van der Waals surface area contributed by atoms with E-state index < -0.39 is 0 Å². The summed E-state index contributed by atoms with van der Waals surface area (Å²) in [5.41, 5.74) is 2.12. The van der Waals surface area contributed by atoms with Gasteiger partial charge in [0.25, 0.3) is 0 Å². The average Bonchev–Trinajstić information content (AvgIpc) is 2.42. The van der Waals surface area contributed by atoms with Crippen LogP contribution in [0.4, 0.5) is 5.82 Å². The smallest absolute Gasteiger partial charge is 0.132 e. The first kappa shape index (κ1) is 15.6. The van der Waals surface area contributed by atoms with Crippen molar-refractivity contribution in [1.82, 2.24) is 4.98 Å². The molecule has 0 radical (unpaired) electrons. The zero-order valence-electron chi connectivity index (χ0n) is 12.9. The molecule has 4 heteroatoms. The number of aromatic nitrogens is 1. The molecule has 1 N–H and O–H groups in total. The third kappa shape index (κ3) is 3.88. The standard InChI is InChI=1S/C17H21ClN2O/c1-5-19-17-9-13(6-7-20-17)21-16-10-14(11(2)3)15(18)8-12(16)4/h6-11H,5H2,1-4H3,(H,19,20). The predicted octanol–water partition coefficient (Wildman–Crippen LogP) is 5.39. The third-order valence-corrected chi connectivity index (χ3v) is 3.56. The van der Waals surface area contributed by atoms with Crippen molar-refractivity contribution in [2.45, 2.75) is 33.6 Å². The normalized spacial score (nSPS) is 10.8. The summed E-state index contributed by atoms with van der Waals surface area (Å²) < 4.78 is 6.00. The highest BCUT2D eigenvalue weighted by atomic mass is 35.5. The fourth-order valence-corrected chi connectivity index (χ4v) is 2.54. The second kappa shape index (κ2) is 6.81. The first-order chi connectivity index (χ1) is 10.0. The van der Waals surface area contributed by atoms with Gasteiger partial charge in [-0.3, -0.25) is 0 Å². The monoisotopic (exact) mass is 304 g/mol. The number of pyridine rings is 1. The lowest BCUT2D eigenvalue weighted by molar-refractivity contribution is 0.477. The van der Waals surface area contributed by atoms with Crippen LogP contribution >= 0.6 is 11.6 Å². The molecule has 0 aliphatic heterocycles. The summed E-state index contributed by atoms with van der Waals surface area (Å²) in [6, 6.07) is 7.73. The van der Waals surface area contributed by atoms with Crippen molar-refractivity contribution in [3.05, 3.63) is 46.6 Å². The molecule has 0 aliphatic rings. The van der Waals surface area contributed by atoms with Gasteiger partial charge >= 0.3 is 0 Å². The van der Waals surface area contributed by atoms with Crippen LogP contribution in [0, 0.1) is 6.92 Å². The molecule has 0 fully saturated rings. The van der Waals surface area contributed by atoms with Crippen molar-refractivity contribution >= 4 is 17.4 Å². The molecule has 2 rings (SSSR count). The minimum atomic E-state index is 0.357. The Morgan fingerprint density at radius 1 is 1.29 bits per heavy atom. The number of rotatable bonds is 5. The summed E-state index contributed by atoms with van der Waals surface area (Å²) in [6.45, 7) is 9.10. The van der Waals surface area contributed by atoms with E-state index >= 15 is 0 Å². The molecule has 1 aromatic carbocycles. The Morgan fingerprint density at radius 2 is 2.05 bits per heavy atom. The highest BCUT2D eigenvalue weighted by molar-refractivity contribution is 6.31. The second-order valence-corrected chi connectivity index (χ2v) is 5.71. The maximum Gasteiger partial charge on any atom is 0.132 e. The molecule has 1 heterocycles. The van der Waals surface area contributed by atoms with Crippen LogP contribution in [-0.2, 0) is 0 Å². The highest BCUT2D eigenvalue weighted by Crippen LogP contribution is 2.34. The van der Waals surface area contributed by atoms with Gasteiger partial charge in [-0.2, -0.15) is 0 Å². The van der Waals surface area contributed by atoms with E-state index in [9.17, 15) is 0 Å². The zero-order valence-corrected chi connectivity index (χ0v) is 13.7. The number of nitrogens with zero attached hydrogens (tertiary/aromatic N) is 1. The topological polar surface area (TPSA) is 34.1 Å². The number of benzene rings is 1. The summed E-state index contributed by atoms with van der Waals surface area (Å²) in [6.07, 6.45) is 1.74. The third-order valence-electron chi connectivity index (χ3n) is 3.23. The SMILES string of the molecule is CCNc1cc(Oc2cc(C(C)C)c(Cl)cc2C)ccn1. The Morgan fingerprint density at radius 3 is 2.71 bits per heavy atom. The Labute approximate surface area is 131 Å². The Kier molecular flexibility index (Phi) is 5.07. The number of hydrogen-bond donors (Lipinski definition) is 1. The molecule has 0 saturated heterocycles. The molecule has 0 aliphatic carbocycles. The van der Waals surface area contributed by atoms with Gasteiger partial charge in [0.05, 0.1) is 0 Å². The van der Waals surface area contributed by atoms with Crippen LogP contribution in [0.25, 0.3) is 0 Å². The van der Waals surface area contributed by atoms with Crippen LogP contribution in [0.15, 0.2) is 30.5 Å². The van der Waals surface area contributed by atoms with Gasteiger partial charge in [0.1, 0.15) is 17.3 Å². The van der Waals surface area contributed by atoms with Crippen molar-refractivity contribution in [2.75, 3.05) is 11.9 Å². The molecule has 0 spiro atoms. The van der Waals surface area contributed by atoms with Crippen molar-refractivity contribution < 1.29 is 4.74 Å². The largest absolute Gasteiger partial charge is 0.457 e. The molecule has 21 heavy (non-hydrogen) atoms. The Bertz CT molecular complexity index is 626. The molecule has 0 unspecified atom stereocenters. The molecule has 1 aromatic heterocycles. The second-order valence-electron chi connectivity index (χ2n) is 5.30. The Hall–Kier alpha value is -1.74. The number of anilines is 1. The van der Waals surface area contributed by atoms with Gasteiger partial charge in [-0.1, -0.05) is 25.4 Å².